The van der Waals surface area contributed by atoms with Gasteiger partial charge in [0.2, 0.25) is 11.7 Å². The quantitative estimate of drug-likeness (QED) is 0.887. The van der Waals surface area contributed by atoms with Gasteiger partial charge in [-0.3, -0.25) is 0 Å². The molecule has 0 radical (unpaired) electrons. The average molecular weight is 372 g/mol. The largest absolute Gasteiger partial charge is 0.339 e. The molecule has 2 heterocycles. The molecule has 0 spiro atoms. The molecular weight excluding hydrogens is 347 g/mol. The van der Waals surface area contributed by atoms with E-state index in [0.29, 0.717) is 30.5 Å². The maximum Gasteiger partial charge on any atom is 0.317 e. The van der Waals surface area contributed by atoms with E-state index >= 15 is 0 Å². The molecule has 2 amide bonds. The van der Waals surface area contributed by atoms with E-state index in [-0.39, 0.29) is 23.6 Å². The summed E-state index contributed by atoms with van der Waals surface area (Å²) in [4.78, 5) is 18.8. The van der Waals surface area contributed by atoms with Crippen LogP contribution in [0.3, 0.4) is 0 Å². The van der Waals surface area contributed by atoms with Gasteiger partial charge in [0, 0.05) is 25.6 Å². The molecule has 1 aromatic carbocycles. The smallest absolute Gasteiger partial charge is 0.317 e. The van der Waals surface area contributed by atoms with Gasteiger partial charge in [-0.15, -0.1) is 0 Å². The summed E-state index contributed by atoms with van der Waals surface area (Å²) in [7, 11) is 0. The Morgan fingerprint density at radius 3 is 2.85 bits per heavy atom. The van der Waals surface area contributed by atoms with Crippen molar-refractivity contribution in [3.8, 4) is 11.4 Å². The zero-order valence-corrected chi connectivity index (χ0v) is 15.4. The van der Waals surface area contributed by atoms with E-state index in [0.717, 1.165) is 32.2 Å². The molecular formula is C20H25FN4O2. The number of carbonyl (C=O) groups is 1. The van der Waals surface area contributed by atoms with Gasteiger partial charge in [0.05, 0.1) is 5.56 Å². The van der Waals surface area contributed by atoms with Crippen LogP contribution in [-0.2, 0) is 6.42 Å². The molecule has 1 N–H and O–H groups in total. The van der Waals surface area contributed by atoms with Gasteiger partial charge in [-0.05, 0) is 43.7 Å². The van der Waals surface area contributed by atoms with Crippen LogP contribution >= 0.6 is 0 Å². The molecule has 27 heavy (non-hydrogen) atoms. The van der Waals surface area contributed by atoms with Crippen molar-refractivity contribution in [3.63, 3.8) is 0 Å². The van der Waals surface area contributed by atoms with E-state index in [1.54, 1.807) is 18.2 Å². The minimum atomic E-state index is -0.364. The van der Waals surface area contributed by atoms with E-state index in [1.165, 1.54) is 18.9 Å². The van der Waals surface area contributed by atoms with E-state index < -0.39 is 0 Å². The molecule has 1 saturated carbocycles. The summed E-state index contributed by atoms with van der Waals surface area (Å²) in [6.45, 7) is 1.48. The summed E-state index contributed by atoms with van der Waals surface area (Å²) in [6, 6.07) is 6.78. The SMILES string of the molecule is O=C(NC1CCCC1)N1CCCC(Cc2nc(-c3ccccc3F)no2)C1. The van der Waals surface area contributed by atoms with Crippen LogP contribution in [0.2, 0.25) is 0 Å². The minimum Gasteiger partial charge on any atom is -0.339 e. The lowest BCUT2D eigenvalue weighted by Gasteiger charge is -2.33. The van der Waals surface area contributed by atoms with Crippen LogP contribution in [0.15, 0.2) is 28.8 Å². The Balaban J connectivity index is 1.35. The van der Waals surface area contributed by atoms with Crippen LogP contribution in [0.5, 0.6) is 0 Å². The Morgan fingerprint density at radius 1 is 1.22 bits per heavy atom. The van der Waals surface area contributed by atoms with Gasteiger partial charge in [0.25, 0.3) is 0 Å². The topological polar surface area (TPSA) is 71.3 Å². The fourth-order valence-corrected chi connectivity index (χ4v) is 4.09. The first-order chi connectivity index (χ1) is 13.2. The number of urea groups is 1. The fourth-order valence-electron chi connectivity index (χ4n) is 4.09. The Labute approximate surface area is 158 Å². The molecule has 1 aliphatic carbocycles. The number of hydrogen-bond acceptors (Lipinski definition) is 4. The summed E-state index contributed by atoms with van der Waals surface area (Å²) >= 11 is 0. The highest BCUT2D eigenvalue weighted by Gasteiger charge is 2.27. The molecule has 4 rings (SSSR count). The van der Waals surface area contributed by atoms with Gasteiger partial charge >= 0.3 is 6.03 Å². The van der Waals surface area contributed by atoms with Crippen molar-refractivity contribution in [1.82, 2.24) is 20.4 Å². The van der Waals surface area contributed by atoms with Gasteiger partial charge in [-0.2, -0.15) is 4.98 Å². The van der Waals surface area contributed by atoms with Gasteiger partial charge in [-0.1, -0.05) is 30.1 Å². The van der Waals surface area contributed by atoms with Crippen molar-refractivity contribution in [3.05, 3.63) is 36.0 Å². The second kappa shape index (κ2) is 8.06. The summed E-state index contributed by atoms with van der Waals surface area (Å²) in [6.07, 6.45) is 7.17. The molecule has 1 aliphatic heterocycles. The first-order valence-corrected chi connectivity index (χ1v) is 9.82. The Bertz CT molecular complexity index is 788. The highest BCUT2D eigenvalue weighted by molar-refractivity contribution is 5.74. The summed E-state index contributed by atoms with van der Waals surface area (Å²) in [5.74, 6) is 0.685. The monoisotopic (exact) mass is 372 g/mol. The highest BCUT2D eigenvalue weighted by atomic mass is 19.1. The molecule has 1 aromatic heterocycles. The van der Waals surface area contributed by atoms with Crippen LogP contribution in [0.1, 0.15) is 44.4 Å². The number of nitrogens with zero attached hydrogens (tertiary/aromatic N) is 3. The molecule has 1 saturated heterocycles. The highest BCUT2D eigenvalue weighted by Crippen LogP contribution is 2.24. The third kappa shape index (κ3) is 4.28. The molecule has 6 nitrogen and oxygen atoms in total. The van der Waals surface area contributed by atoms with E-state index in [9.17, 15) is 9.18 Å². The number of amides is 2. The van der Waals surface area contributed by atoms with Crippen molar-refractivity contribution in [2.24, 2.45) is 5.92 Å². The number of rotatable bonds is 4. The average Bonchev–Trinajstić information content (AvgIpc) is 3.34. The molecule has 7 heteroatoms. The molecule has 144 valence electrons. The summed E-state index contributed by atoms with van der Waals surface area (Å²) in [5.41, 5.74) is 0.341. The lowest BCUT2D eigenvalue weighted by Crippen LogP contribution is -2.48. The summed E-state index contributed by atoms with van der Waals surface area (Å²) < 4.78 is 19.2. The van der Waals surface area contributed by atoms with Crippen LogP contribution in [-0.4, -0.2) is 40.2 Å². The second-order valence-corrected chi connectivity index (χ2v) is 7.58. The maximum absolute atomic E-state index is 13.9. The summed E-state index contributed by atoms with van der Waals surface area (Å²) in [5, 5.41) is 7.08. The number of aromatic nitrogens is 2. The second-order valence-electron chi connectivity index (χ2n) is 7.58. The van der Waals surface area contributed by atoms with Gasteiger partial charge in [0.15, 0.2) is 0 Å². The lowest BCUT2D eigenvalue weighted by molar-refractivity contribution is 0.158. The van der Waals surface area contributed by atoms with Crippen LogP contribution < -0.4 is 5.32 Å². The number of carbonyl (C=O) groups excluding carboxylic acids is 1. The van der Waals surface area contributed by atoms with Gasteiger partial charge in [-0.25, -0.2) is 9.18 Å². The molecule has 0 bridgehead atoms. The number of likely N-dealkylation sites (tertiary alicyclic amines) is 1. The lowest BCUT2D eigenvalue weighted by atomic mass is 9.95. The number of halogens is 1. The predicted octanol–water partition coefficient (Wildman–Crippen LogP) is 3.78. The van der Waals surface area contributed by atoms with E-state index in [4.69, 9.17) is 4.52 Å². The maximum atomic E-state index is 13.9. The molecule has 1 atom stereocenters. The third-order valence-corrected chi connectivity index (χ3v) is 5.54. The van der Waals surface area contributed by atoms with E-state index in [1.807, 2.05) is 4.90 Å². The van der Waals surface area contributed by atoms with Gasteiger partial charge in [0.1, 0.15) is 5.82 Å². The minimum absolute atomic E-state index is 0.0455. The number of piperidine rings is 1. The first-order valence-electron chi connectivity index (χ1n) is 9.82. The molecule has 1 unspecified atom stereocenters. The van der Waals surface area contributed by atoms with Crippen molar-refractivity contribution >= 4 is 6.03 Å². The van der Waals surface area contributed by atoms with Crippen LogP contribution in [0.4, 0.5) is 9.18 Å². The standard InChI is InChI=1S/C20H25FN4O2/c21-17-10-4-3-9-16(17)19-23-18(27-24-19)12-14-6-5-11-25(13-14)20(26)22-15-7-1-2-8-15/h3-4,9-10,14-15H,1-2,5-8,11-13H2,(H,22,26). The zero-order valence-electron chi connectivity index (χ0n) is 15.4. The van der Waals surface area contributed by atoms with Crippen LogP contribution in [0.25, 0.3) is 11.4 Å². The zero-order chi connectivity index (χ0) is 18.6. The fraction of sp³-hybridized carbons (Fsp3) is 0.550. The molecule has 2 aliphatic rings. The number of nitrogens with one attached hydrogen (secondary N) is 1. The van der Waals surface area contributed by atoms with Gasteiger partial charge < -0.3 is 14.7 Å². The first kappa shape index (κ1) is 17.9. The number of benzene rings is 1. The van der Waals surface area contributed by atoms with Crippen molar-refractivity contribution in [1.29, 1.82) is 0 Å². The van der Waals surface area contributed by atoms with Crippen molar-refractivity contribution < 1.29 is 13.7 Å². The van der Waals surface area contributed by atoms with E-state index in [2.05, 4.69) is 15.5 Å². The van der Waals surface area contributed by atoms with Crippen molar-refractivity contribution in [2.45, 2.75) is 51.0 Å². The van der Waals surface area contributed by atoms with Crippen LogP contribution in [0, 0.1) is 11.7 Å². The Morgan fingerprint density at radius 2 is 2.04 bits per heavy atom. The molecule has 2 fully saturated rings. The third-order valence-electron chi connectivity index (χ3n) is 5.54. The molecule has 2 aromatic rings. The van der Waals surface area contributed by atoms with Crippen molar-refractivity contribution in [2.75, 3.05) is 13.1 Å². The normalized spacial score (nSPS) is 20.8. The predicted molar refractivity (Wildman–Crippen MR) is 98.5 cm³/mol. The number of hydrogen-bond donors (Lipinski definition) is 1. The Hall–Kier alpha value is -2.44. The Kier molecular flexibility index (Phi) is 5.36.